The van der Waals surface area contributed by atoms with Gasteiger partial charge in [-0.3, -0.25) is 0 Å². The minimum absolute atomic E-state index is 0.0565. The largest absolute Gasteiger partial charge is 0.491 e. The third kappa shape index (κ3) is 5.19. The van der Waals surface area contributed by atoms with Gasteiger partial charge in [0.2, 0.25) is 0 Å². The molecule has 21 heavy (non-hydrogen) atoms. The van der Waals surface area contributed by atoms with Crippen LogP contribution >= 0.6 is 15.9 Å². The first kappa shape index (κ1) is 16.1. The molecule has 2 N–H and O–H groups in total. The van der Waals surface area contributed by atoms with E-state index in [0.29, 0.717) is 6.54 Å². The molecule has 1 aromatic carbocycles. The first-order valence-electron chi connectivity index (χ1n) is 6.91. The molecule has 2 rings (SSSR count). The lowest BCUT2D eigenvalue weighted by atomic mass is 10.2. The van der Waals surface area contributed by atoms with Gasteiger partial charge in [0.25, 0.3) is 0 Å². The molecule has 5 heteroatoms. The van der Waals surface area contributed by atoms with Gasteiger partial charge in [0.05, 0.1) is 6.04 Å². The molecule has 0 aliphatic heterocycles. The molecule has 114 valence electrons. The van der Waals surface area contributed by atoms with Gasteiger partial charge in [0.15, 0.2) is 0 Å². The van der Waals surface area contributed by atoms with E-state index in [9.17, 15) is 5.11 Å². The maximum atomic E-state index is 9.94. The molecule has 0 bridgehead atoms. The molecule has 4 nitrogen and oxygen atoms in total. The van der Waals surface area contributed by atoms with Crippen LogP contribution in [-0.2, 0) is 0 Å². The van der Waals surface area contributed by atoms with E-state index in [1.54, 1.807) is 0 Å². The van der Waals surface area contributed by atoms with Crippen molar-refractivity contribution >= 4 is 15.9 Å². The highest BCUT2D eigenvalue weighted by Crippen LogP contribution is 2.17. The lowest BCUT2D eigenvalue weighted by Crippen LogP contribution is -2.32. The lowest BCUT2D eigenvalue weighted by molar-refractivity contribution is 0.103. The van der Waals surface area contributed by atoms with Crippen LogP contribution in [0.15, 0.2) is 45.3 Å². The predicted molar refractivity (Wildman–Crippen MR) is 85.5 cm³/mol. The topological polar surface area (TPSA) is 54.6 Å². The molecule has 0 saturated heterocycles. The SMILES string of the molecule is Cc1ccc(C(C)NCC(O)COc2ccc(Br)cc2)o1. The Hall–Kier alpha value is -1.30. The molecule has 0 spiro atoms. The Morgan fingerprint density at radius 3 is 2.57 bits per heavy atom. The van der Waals surface area contributed by atoms with Crippen molar-refractivity contribution in [2.24, 2.45) is 0 Å². The van der Waals surface area contributed by atoms with Crippen LogP contribution in [0.2, 0.25) is 0 Å². The van der Waals surface area contributed by atoms with Crippen molar-refractivity contribution in [2.75, 3.05) is 13.2 Å². The number of furan rings is 1. The highest BCUT2D eigenvalue weighted by Gasteiger charge is 2.12. The monoisotopic (exact) mass is 353 g/mol. The molecule has 0 aliphatic carbocycles. The van der Waals surface area contributed by atoms with Gasteiger partial charge in [-0.2, -0.15) is 0 Å². The molecule has 0 fully saturated rings. The van der Waals surface area contributed by atoms with Gasteiger partial charge in [-0.15, -0.1) is 0 Å². The summed E-state index contributed by atoms with van der Waals surface area (Å²) < 4.78 is 12.1. The maximum Gasteiger partial charge on any atom is 0.120 e. The van der Waals surface area contributed by atoms with Crippen LogP contribution in [0, 0.1) is 6.92 Å². The second kappa shape index (κ2) is 7.64. The minimum atomic E-state index is -0.577. The molecule has 1 heterocycles. The normalized spacial score (nSPS) is 13.9. The highest BCUT2D eigenvalue weighted by atomic mass is 79.9. The standard InChI is InChI=1S/C16H20BrNO3/c1-11-3-8-16(21-11)12(2)18-9-14(19)10-20-15-6-4-13(17)5-7-15/h3-8,12,14,18-19H,9-10H2,1-2H3. The summed E-state index contributed by atoms with van der Waals surface area (Å²) in [6, 6.07) is 11.5. The zero-order valence-corrected chi connectivity index (χ0v) is 13.8. The van der Waals surface area contributed by atoms with Crippen LogP contribution in [-0.4, -0.2) is 24.4 Å². The first-order valence-corrected chi connectivity index (χ1v) is 7.70. The van der Waals surface area contributed by atoms with Crippen LogP contribution in [0.1, 0.15) is 24.5 Å². The van der Waals surface area contributed by atoms with E-state index < -0.39 is 6.10 Å². The summed E-state index contributed by atoms with van der Waals surface area (Å²) in [5.41, 5.74) is 0. The first-order chi connectivity index (χ1) is 10.0. The van der Waals surface area contributed by atoms with Gasteiger partial charge >= 0.3 is 0 Å². The van der Waals surface area contributed by atoms with Crippen molar-refractivity contribution in [3.05, 3.63) is 52.4 Å². The van der Waals surface area contributed by atoms with Crippen LogP contribution in [0.3, 0.4) is 0 Å². The second-order valence-electron chi connectivity index (χ2n) is 5.00. The molecule has 0 radical (unpaired) electrons. The number of benzene rings is 1. The average Bonchev–Trinajstić information content (AvgIpc) is 2.91. The van der Waals surface area contributed by atoms with Crippen LogP contribution in [0.4, 0.5) is 0 Å². The molecule has 2 atom stereocenters. The Balaban J connectivity index is 1.72. The van der Waals surface area contributed by atoms with Crippen LogP contribution in [0.5, 0.6) is 5.75 Å². The zero-order chi connectivity index (χ0) is 15.2. The Bertz CT molecular complexity index is 553. The van der Waals surface area contributed by atoms with E-state index >= 15 is 0 Å². The number of aliphatic hydroxyl groups excluding tert-OH is 1. The van der Waals surface area contributed by atoms with E-state index in [-0.39, 0.29) is 12.6 Å². The van der Waals surface area contributed by atoms with Crippen molar-refractivity contribution in [1.82, 2.24) is 5.32 Å². The molecule has 0 aliphatic rings. The van der Waals surface area contributed by atoms with E-state index in [2.05, 4.69) is 21.2 Å². The predicted octanol–water partition coefficient (Wildman–Crippen LogP) is 3.44. The van der Waals surface area contributed by atoms with Gasteiger partial charge in [-0.25, -0.2) is 0 Å². The van der Waals surface area contributed by atoms with Crippen molar-refractivity contribution in [1.29, 1.82) is 0 Å². The fourth-order valence-corrected chi connectivity index (χ4v) is 2.15. The van der Waals surface area contributed by atoms with Crippen molar-refractivity contribution in [3.63, 3.8) is 0 Å². The zero-order valence-electron chi connectivity index (χ0n) is 12.2. The van der Waals surface area contributed by atoms with Crippen LogP contribution in [0.25, 0.3) is 0 Å². The fourth-order valence-electron chi connectivity index (χ4n) is 1.88. The molecule has 0 saturated carbocycles. The Labute approximate surface area is 133 Å². The summed E-state index contributed by atoms with van der Waals surface area (Å²) in [5, 5.41) is 13.2. The number of nitrogens with one attached hydrogen (secondary N) is 1. The number of hydrogen-bond acceptors (Lipinski definition) is 4. The number of ether oxygens (including phenoxy) is 1. The summed E-state index contributed by atoms with van der Waals surface area (Å²) in [7, 11) is 0. The summed E-state index contributed by atoms with van der Waals surface area (Å²) >= 11 is 3.37. The number of hydrogen-bond donors (Lipinski definition) is 2. The van der Waals surface area contributed by atoms with E-state index in [1.165, 1.54) is 0 Å². The second-order valence-corrected chi connectivity index (χ2v) is 5.91. The van der Waals surface area contributed by atoms with E-state index in [4.69, 9.17) is 9.15 Å². The average molecular weight is 354 g/mol. The molecular formula is C16H20BrNO3. The summed E-state index contributed by atoms with van der Waals surface area (Å²) in [5.74, 6) is 2.50. The molecule has 2 unspecified atom stereocenters. The third-order valence-electron chi connectivity index (χ3n) is 3.10. The third-order valence-corrected chi connectivity index (χ3v) is 3.63. The number of halogens is 1. The smallest absolute Gasteiger partial charge is 0.120 e. The fraction of sp³-hybridized carbons (Fsp3) is 0.375. The highest BCUT2D eigenvalue weighted by molar-refractivity contribution is 9.10. The number of aryl methyl sites for hydroxylation is 1. The van der Waals surface area contributed by atoms with Gasteiger partial charge in [0, 0.05) is 11.0 Å². The van der Waals surface area contributed by atoms with Gasteiger partial charge in [0.1, 0.15) is 30.0 Å². The molecule has 2 aromatic rings. The molecule has 0 amide bonds. The molecule has 1 aromatic heterocycles. The number of aliphatic hydroxyl groups is 1. The van der Waals surface area contributed by atoms with Crippen molar-refractivity contribution in [3.8, 4) is 5.75 Å². The number of rotatable bonds is 7. The quantitative estimate of drug-likeness (QED) is 0.800. The summed E-state index contributed by atoms with van der Waals surface area (Å²) in [4.78, 5) is 0. The maximum absolute atomic E-state index is 9.94. The Kier molecular flexibility index (Phi) is 5.85. The van der Waals surface area contributed by atoms with Gasteiger partial charge < -0.3 is 19.6 Å². The van der Waals surface area contributed by atoms with Crippen molar-refractivity contribution < 1.29 is 14.3 Å². The molecular weight excluding hydrogens is 334 g/mol. The Morgan fingerprint density at radius 1 is 1.24 bits per heavy atom. The van der Waals surface area contributed by atoms with Crippen molar-refractivity contribution in [2.45, 2.75) is 26.0 Å². The van der Waals surface area contributed by atoms with E-state index in [0.717, 1.165) is 21.7 Å². The Morgan fingerprint density at radius 2 is 1.95 bits per heavy atom. The summed E-state index contributed by atoms with van der Waals surface area (Å²) in [6.07, 6.45) is -0.577. The lowest BCUT2D eigenvalue weighted by Gasteiger charge is -2.16. The van der Waals surface area contributed by atoms with Crippen LogP contribution < -0.4 is 10.1 Å². The van der Waals surface area contributed by atoms with Gasteiger partial charge in [-0.05, 0) is 50.2 Å². The van der Waals surface area contributed by atoms with Gasteiger partial charge in [-0.1, -0.05) is 15.9 Å². The minimum Gasteiger partial charge on any atom is -0.491 e. The van der Waals surface area contributed by atoms with E-state index in [1.807, 2.05) is 50.2 Å². The summed E-state index contributed by atoms with van der Waals surface area (Å²) in [6.45, 7) is 4.60.